The zero-order valence-corrected chi connectivity index (χ0v) is 15.2. The van der Waals surface area contributed by atoms with Crippen LogP contribution >= 0.6 is 0 Å². The van der Waals surface area contributed by atoms with Crippen molar-refractivity contribution in [3.63, 3.8) is 0 Å². The van der Waals surface area contributed by atoms with Crippen LogP contribution in [-0.2, 0) is 26.4 Å². The van der Waals surface area contributed by atoms with Crippen molar-refractivity contribution in [2.45, 2.75) is 24.5 Å². The van der Waals surface area contributed by atoms with Gasteiger partial charge in [-0.2, -0.15) is 0 Å². The van der Waals surface area contributed by atoms with Crippen LogP contribution in [0.4, 0.5) is 8.78 Å². The lowest BCUT2D eigenvalue weighted by molar-refractivity contribution is -0.154. The van der Waals surface area contributed by atoms with E-state index in [2.05, 4.69) is 20.0 Å². The molecule has 2 aromatic rings. The number of carbonyl (C=O) groups is 2. The van der Waals surface area contributed by atoms with Crippen LogP contribution in [0, 0.1) is 0 Å². The number of nitrogens with zero attached hydrogens (tertiary/aromatic N) is 1. The molecule has 1 aromatic heterocycles. The maximum atomic E-state index is 14.0. The quantitative estimate of drug-likeness (QED) is 0.619. The minimum absolute atomic E-state index is 0.207. The fraction of sp³-hybridized carbons (Fsp3) is 0.333. The van der Waals surface area contributed by atoms with Gasteiger partial charge >= 0.3 is 11.9 Å². The summed E-state index contributed by atoms with van der Waals surface area (Å²) in [6.45, 7) is -1.09. The van der Waals surface area contributed by atoms with Crippen molar-refractivity contribution in [3.8, 4) is 5.75 Å². The van der Waals surface area contributed by atoms with Crippen molar-refractivity contribution in [1.82, 2.24) is 15.3 Å². The SMILES string of the molecule is COC(=O)c1nc([C@]2(C(=O)OCc3ccccc3)CC(F)(F)CN2)[nH]c(=O)c1O. The van der Waals surface area contributed by atoms with Crippen molar-refractivity contribution in [2.75, 3.05) is 13.7 Å². The highest BCUT2D eigenvalue weighted by Crippen LogP contribution is 2.39. The number of aromatic hydroxyl groups is 1. The number of aromatic nitrogens is 2. The molecule has 0 spiro atoms. The number of aromatic amines is 1. The van der Waals surface area contributed by atoms with Gasteiger partial charge in [0.15, 0.2) is 11.2 Å². The standard InChI is InChI=1S/C18H17F2N3O6/c1-28-14(26)11-12(24)13(25)23-15(22-11)18(8-17(19,20)9-21-18)16(27)29-7-10-5-3-2-4-6-10/h2-6,21,24H,7-9H2,1H3,(H,22,23,25)/t18-/m0/s1. The highest BCUT2D eigenvalue weighted by atomic mass is 19.3. The first-order chi connectivity index (χ1) is 13.7. The van der Waals surface area contributed by atoms with E-state index in [1.165, 1.54) is 0 Å². The van der Waals surface area contributed by atoms with E-state index in [-0.39, 0.29) is 6.61 Å². The number of hydrogen-bond acceptors (Lipinski definition) is 8. The van der Waals surface area contributed by atoms with Crippen LogP contribution in [0.2, 0.25) is 0 Å². The van der Waals surface area contributed by atoms with Gasteiger partial charge in [0.1, 0.15) is 12.4 Å². The molecule has 0 aliphatic carbocycles. The third-order valence-corrected chi connectivity index (χ3v) is 4.41. The summed E-state index contributed by atoms with van der Waals surface area (Å²) in [4.78, 5) is 42.4. The lowest BCUT2D eigenvalue weighted by atomic mass is 9.95. The molecule has 0 bridgehead atoms. The maximum Gasteiger partial charge on any atom is 0.360 e. The molecule has 1 saturated heterocycles. The monoisotopic (exact) mass is 409 g/mol. The summed E-state index contributed by atoms with van der Waals surface area (Å²) in [7, 11) is 0.982. The van der Waals surface area contributed by atoms with Crippen LogP contribution in [-0.4, -0.2) is 46.6 Å². The Balaban J connectivity index is 2.02. The number of nitrogens with one attached hydrogen (secondary N) is 2. The molecule has 11 heteroatoms. The zero-order chi connectivity index (χ0) is 21.2. The van der Waals surface area contributed by atoms with Gasteiger partial charge in [-0.1, -0.05) is 30.3 Å². The first kappa shape index (κ1) is 20.4. The molecular weight excluding hydrogens is 392 g/mol. The maximum absolute atomic E-state index is 14.0. The van der Waals surface area contributed by atoms with Crippen molar-refractivity contribution in [2.24, 2.45) is 0 Å². The molecule has 1 aromatic carbocycles. The lowest BCUT2D eigenvalue weighted by Crippen LogP contribution is -2.48. The third kappa shape index (κ3) is 3.94. The number of halogens is 2. The molecule has 0 unspecified atom stereocenters. The Labute approximate surface area is 162 Å². The summed E-state index contributed by atoms with van der Waals surface area (Å²) in [6, 6.07) is 8.52. The third-order valence-electron chi connectivity index (χ3n) is 4.41. The zero-order valence-electron chi connectivity index (χ0n) is 15.2. The van der Waals surface area contributed by atoms with Crippen LogP contribution in [0.25, 0.3) is 0 Å². The number of methoxy groups -OCH3 is 1. The molecule has 29 heavy (non-hydrogen) atoms. The molecule has 2 heterocycles. The number of rotatable bonds is 5. The molecule has 1 aliphatic rings. The predicted octanol–water partition coefficient (Wildman–Crippen LogP) is 0.829. The van der Waals surface area contributed by atoms with Crippen molar-refractivity contribution in [1.29, 1.82) is 0 Å². The number of ether oxygens (including phenoxy) is 2. The molecule has 0 radical (unpaired) electrons. The summed E-state index contributed by atoms with van der Waals surface area (Å²) >= 11 is 0. The second-order valence-electron chi connectivity index (χ2n) is 6.46. The number of alkyl halides is 2. The molecule has 3 rings (SSSR count). The van der Waals surface area contributed by atoms with E-state index in [0.29, 0.717) is 5.56 Å². The van der Waals surface area contributed by atoms with Gasteiger partial charge in [-0.05, 0) is 5.56 Å². The van der Waals surface area contributed by atoms with E-state index in [4.69, 9.17) is 4.74 Å². The number of hydrogen-bond donors (Lipinski definition) is 3. The molecule has 1 fully saturated rings. The molecule has 154 valence electrons. The highest BCUT2D eigenvalue weighted by molar-refractivity contribution is 5.90. The van der Waals surface area contributed by atoms with Gasteiger partial charge in [0.05, 0.1) is 13.7 Å². The fourth-order valence-electron chi connectivity index (χ4n) is 2.96. The Bertz CT molecular complexity index is 995. The minimum Gasteiger partial charge on any atom is -0.501 e. The van der Waals surface area contributed by atoms with E-state index in [0.717, 1.165) is 7.11 Å². The van der Waals surface area contributed by atoms with Gasteiger partial charge < -0.3 is 19.6 Å². The second-order valence-corrected chi connectivity index (χ2v) is 6.46. The second kappa shape index (κ2) is 7.59. The first-order valence-electron chi connectivity index (χ1n) is 8.44. The Morgan fingerprint density at radius 2 is 1.97 bits per heavy atom. The molecule has 0 saturated carbocycles. The Hall–Kier alpha value is -3.34. The summed E-state index contributed by atoms with van der Waals surface area (Å²) in [5, 5.41) is 12.1. The average molecular weight is 409 g/mol. The number of benzene rings is 1. The number of H-pyrrole nitrogens is 1. The molecule has 3 N–H and O–H groups in total. The van der Waals surface area contributed by atoms with E-state index in [1.807, 2.05) is 0 Å². The summed E-state index contributed by atoms with van der Waals surface area (Å²) in [6.07, 6.45) is -1.07. The molecule has 1 aliphatic heterocycles. The normalized spacial score (nSPS) is 20.2. The molecular formula is C18H17F2N3O6. The topological polar surface area (TPSA) is 131 Å². The van der Waals surface area contributed by atoms with Crippen molar-refractivity contribution < 1.29 is 33.0 Å². The fourth-order valence-corrected chi connectivity index (χ4v) is 2.96. The lowest BCUT2D eigenvalue weighted by Gasteiger charge is -2.26. The van der Waals surface area contributed by atoms with Crippen LogP contribution in [0.5, 0.6) is 5.75 Å². The molecule has 1 atom stereocenters. The van der Waals surface area contributed by atoms with Gasteiger partial charge in [0.2, 0.25) is 5.75 Å². The van der Waals surface area contributed by atoms with Crippen molar-refractivity contribution in [3.05, 3.63) is 57.8 Å². The van der Waals surface area contributed by atoms with Gasteiger partial charge in [-0.3, -0.25) is 10.1 Å². The number of esters is 2. The molecule has 9 nitrogen and oxygen atoms in total. The Morgan fingerprint density at radius 3 is 2.55 bits per heavy atom. The largest absolute Gasteiger partial charge is 0.501 e. The van der Waals surface area contributed by atoms with Gasteiger partial charge in [-0.25, -0.2) is 23.4 Å². The smallest absolute Gasteiger partial charge is 0.360 e. The minimum atomic E-state index is -3.31. The van der Waals surface area contributed by atoms with Gasteiger partial charge in [-0.15, -0.1) is 0 Å². The van der Waals surface area contributed by atoms with Crippen LogP contribution in [0.3, 0.4) is 0 Å². The van der Waals surface area contributed by atoms with Gasteiger partial charge in [0.25, 0.3) is 11.5 Å². The first-order valence-corrected chi connectivity index (χ1v) is 8.44. The van der Waals surface area contributed by atoms with E-state index < -0.39 is 59.2 Å². The highest BCUT2D eigenvalue weighted by Gasteiger charge is 2.58. The van der Waals surface area contributed by atoms with E-state index in [9.17, 15) is 28.3 Å². The molecule has 0 amide bonds. The Morgan fingerprint density at radius 1 is 1.28 bits per heavy atom. The summed E-state index contributed by atoms with van der Waals surface area (Å²) in [5.41, 5.74) is -3.61. The van der Waals surface area contributed by atoms with Crippen LogP contribution < -0.4 is 10.9 Å². The van der Waals surface area contributed by atoms with E-state index >= 15 is 0 Å². The number of carbonyl (C=O) groups excluding carboxylic acids is 2. The Kier molecular flexibility index (Phi) is 5.33. The van der Waals surface area contributed by atoms with Crippen molar-refractivity contribution >= 4 is 11.9 Å². The van der Waals surface area contributed by atoms with Crippen LogP contribution in [0.15, 0.2) is 35.1 Å². The van der Waals surface area contributed by atoms with E-state index in [1.54, 1.807) is 30.3 Å². The predicted molar refractivity (Wildman–Crippen MR) is 93.3 cm³/mol. The van der Waals surface area contributed by atoms with Crippen LogP contribution in [0.1, 0.15) is 28.3 Å². The average Bonchev–Trinajstić information content (AvgIpc) is 3.05. The van der Waals surface area contributed by atoms with Gasteiger partial charge in [0, 0.05) is 6.42 Å². The summed E-state index contributed by atoms with van der Waals surface area (Å²) < 4.78 is 37.7. The summed E-state index contributed by atoms with van der Waals surface area (Å²) in [5.74, 6) is -7.25.